The van der Waals surface area contributed by atoms with Crippen molar-refractivity contribution in [2.45, 2.75) is 161 Å². The molecule has 0 spiro atoms. The van der Waals surface area contributed by atoms with Gasteiger partial charge in [-0.2, -0.15) is 11.8 Å². The second-order valence-electron chi connectivity index (χ2n) is 14.5. The normalized spacial score (nSPS) is 36.0. The van der Waals surface area contributed by atoms with E-state index in [-0.39, 0.29) is 29.4 Å². The third-order valence-electron chi connectivity index (χ3n) is 11.6. The summed E-state index contributed by atoms with van der Waals surface area (Å²) in [5, 5.41) is 0.761. The third-order valence-corrected chi connectivity index (χ3v) is 12.8. The molecule has 0 radical (unpaired) electrons. The average molecular weight is 562 g/mol. The molecule has 0 aromatic carbocycles. The van der Waals surface area contributed by atoms with Gasteiger partial charge in [-0.3, -0.25) is 9.59 Å². The number of amides is 1. The van der Waals surface area contributed by atoms with Gasteiger partial charge in [0.2, 0.25) is 5.91 Å². The fourth-order valence-electron chi connectivity index (χ4n) is 9.33. The minimum atomic E-state index is -0.0180. The van der Waals surface area contributed by atoms with Gasteiger partial charge in [0.15, 0.2) is 0 Å². The van der Waals surface area contributed by atoms with Crippen LogP contribution in [-0.2, 0) is 14.3 Å². The summed E-state index contributed by atoms with van der Waals surface area (Å²) < 4.78 is 6.42. The molecule has 4 aliphatic rings. The van der Waals surface area contributed by atoms with Crippen molar-refractivity contribution in [3.63, 3.8) is 0 Å². The van der Waals surface area contributed by atoms with Gasteiger partial charge in [-0.1, -0.05) is 79.1 Å². The van der Waals surface area contributed by atoms with E-state index in [1.165, 1.54) is 82.8 Å². The van der Waals surface area contributed by atoms with Gasteiger partial charge in [-0.25, -0.2) is 0 Å². The van der Waals surface area contributed by atoms with Crippen LogP contribution in [-0.4, -0.2) is 47.0 Å². The first-order chi connectivity index (χ1) is 18.7. The Morgan fingerprint density at radius 1 is 0.949 bits per heavy atom. The summed E-state index contributed by atoms with van der Waals surface area (Å²) >= 11 is 2.08. The van der Waals surface area contributed by atoms with E-state index in [0.29, 0.717) is 36.0 Å². The van der Waals surface area contributed by atoms with Crippen molar-refractivity contribution in [3.8, 4) is 0 Å². The summed E-state index contributed by atoms with van der Waals surface area (Å²) in [6.45, 7) is 9.53. The molecule has 5 heteroatoms. The number of hydrogen-bond acceptors (Lipinski definition) is 4. The molecule has 1 saturated heterocycles. The van der Waals surface area contributed by atoms with Crippen molar-refractivity contribution in [1.82, 2.24) is 4.90 Å². The molecule has 0 bridgehead atoms. The molecule has 3 aliphatic carbocycles. The minimum absolute atomic E-state index is 0.0108. The van der Waals surface area contributed by atoms with Gasteiger partial charge in [-0.15, -0.1) is 0 Å². The van der Waals surface area contributed by atoms with E-state index in [2.05, 4.69) is 39.5 Å². The predicted octanol–water partition coefficient (Wildman–Crippen LogP) is 8.80. The first kappa shape index (κ1) is 31.2. The van der Waals surface area contributed by atoms with Crippen LogP contribution in [0.4, 0.5) is 0 Å². The quantitative estimate of drug-likeness (QED) is 0.157. The number of unbranched alkanes of at least 4 members (excludes halogenated alkanes) is 8. The largest absolute Gasteiger partial charge is 0.462 e. The Labute approximate surface area is 244 Å². The Balaban J connectivity index is 1.22. The number of likely N-dealkylation sites (tertiary alicyclic amines) is 1. The van der Waals surface area contributed by atoms with E-state index in [1.807, 2.05) is 11.9 Å². The molecule has 224 valence electrons. The standard InChI is InChI=1S/C34H59NO3S/c1-25(2)39-23-14-12-10-8-6-7-9-11-13-17-31(37)38-28-24-29-34(4,22-19-30(36)35(29)5)27-18-21-33(3)20-15-16-26(33)32(27)28/h25-29,32H,6-24H2,1-5H3/t26-,27+,28?,29?,32-,33-,34+/m0/s1. The topological polar surface area (TPSA) is 46.6 Å². The van der Waals surface area contributed by atoms with Crippen LogP contribution in [0.3, 0.4) is 0 Å². The average Bonchev–Trinajstić information content (AvgIpc) is 3.29. The van der Waals surface area contributed by atoms with Crippen molar-refractivity contribution >= 4 is 23.6 Å². The summed E-state index contributed by atoms with van der Waals surface area (Å²) in [5.74, 6) is 3.30. The molecule has 0 N–H and O–H groups in total. The molecule has 1 aliphatic heterocycles. The maximum Gasteiger partial charge on any atom is 0.306 e. The summed E-state index contributed by atoms with van der Waals surface area (Å²) in [5.41, 5.74) is 0.575. The van der Waals surface area contributed by atoms with E-state index < -0.39 is 0 Å². The number of piperidine rings is 1. The molecule has 7 atom stereocenters. The minimum Gasteiger partial charge on any atom is -0.462 e. The lowest BCUT2D eigenvalue weighted by atomic mass is 9.47. The van der Waals surface area contributed by atoms with Crippen LogP contribution >= 0.6 is 11.8 Å². The van der Waals surface area contributed by atoms with Gasteiger partial charge in [0.05, 0.1) is 0 Å². The molecule has 0 aromatic heterocycles. The van der Waals surface area contributed by atoms with E-state index >= 15 is 0 Å². The number of ether oxygens (including phenoxy) is 1. The maximum absolute atomic E-state index is 13.1. The van der Waals surface area contributed by atoms with Gasteiger partial charge in [0.1, 0.15) is 6.10 Å². The Kier molecular flexibility index (Phi) is 11.2. The van der Waals surface area contributed by atoms with E-state index in [0.717, 1.165) is 30.9 Å². The lowest BCUT2D eigenvalue weighted by molar-refractivity contribution is -0.193. The Hall–Kier alpha value is -0.710. The van der Waals surface area contributed by atoms with Crippen molar-refractivity contribution in [3.05, 3.63) is 0 Å². The van der Waals surface area contributed by atoms with Crippen LogP contribution in [0.1, 0.15) is 143 Å². The molecule has 4 fully saturated rings. The molecule has 3 saturated carbocycles. The number of fused-ring (bicyclic) bond motifs is 5. The zero-order valence-electron chi connectivity index (χ0n) is 26.0. The fraction of sp³-hybridized carbons (Fsp3) is 0.941. The highest BCUT2D eigenvalue weighted by atomic mass is 32.2. The molecule has 4 rings (SSSR count). The van der Waals surface area contributed by atoms with Gasteiger partial charge >= 0.3 is 5.97 Å². The van der Waals surface area contributed by atoms with Gasteiger partial charge in [0.25, 0.3) is 0 Å². The van der Waals surface area contributed by atoms with Crippen LogP contribution < -0.4 is 0 Å². The Bertz CT molecular complexity index is 816. The summed E-state index contributed by atoms with van der Waals surface area (Å²) in [6.07, 6.45) is 20.9. The third kappa shape index (κ3) is 7.39. The molecule has 0 aromatic rings. The van der Waals surface area contributed by atoms with Gasteiger partial charge < -0.3 is 9.64 Å². The summed E-state index contributed by atoms with van der Waals surface area (Å²) in [6, 6.07) is 0.206. The van der Waals surface area contributed by atoms with Crippen LogP contribution in [0.15, 0.2) is 0 Å². The Morgan fingerprint density at radius 3 is 2.31 bits per heavy atom. The predicted molar refractivity (Wildman–Crippen MR) is 164 cm³/mol. The van der Waals surface area contributed by atoms with Crippen molar-refractivity contribution in [1.29, 1.82) is 0 Å². The number of hydrogen-bond donors (Lipinski definition) is 0. The second-order valence-corrected chi connectivity index (χ2v) is 16.2. The Morgan fingerprint density at radius 2 is 1.62 bits per heavy atom. The number of esters is 1. The van der Waals surface area contributed by atoms with E-state index in [9.17, 15) is 9.59 Å². The zero-order valence-corrected chi connectivity index (χ0v) is 26.8. The van der Waals surface area contributed by atoms with Gasteiger partial charge in [0, 0.05) is 38.3 Å². The van der Waals surface area contributed by atoms with Crippen molar-refractivity contribution in [2.75, 3.05) is 12.8 Å². The number of rotatable bonds is 14. The molecular weight excluding hydrogens is 502 g/mol. The smallest absolute Gasteiger partial charge is 0.306 e. The zero-order chi connectivity index (χ0) is 28.0. The molecular formula is C34H59NO3S. The highest BCUT2D eigenvalue weighted by Crippen LogP contribution is 2.65. The van der Waals surface area contributed by atoms with E-state index in [4.69, 9.17) is 4.74 Å². The van der Waals surface area contributed by atoms with Crippen molar-refractivity contribution < 1.29 is 14.3 Å². The van der Waals surface area contributed by atoms with Gasteiger partial charge in [-0.05, 0) is 78.6 Å². The van der Waals surface area contributed by atoms with E-state index in [1.54, 1.807) is 0 Å². The lowest BCUT2D eigenvalue weighted by Crippen LogP contribution is -2.65. The van der Waals surface area contributed by atoms with Crippen LogP contribution in [0.2, 0.25) is 0 Å². The van der Waals surface area contributed by atoms with Crippen LogP contribution in [0, 0.1) is 28.6 Å². The molecule has 1 heterocycles. The number of carbonyl (C=O) groups excluding carboxylic acids is 2. The second kappa shape index (κ2) is 14.0. The lowest BCUT2D eigenvalue weighted by Gasteiger charge is -2.63. The monoisotopic (exact) mass is 561 g/mol. The molecule has 4 nitrogen and oxygen atoms in total. The number of nitrogens with zero attached hydrogens (tertiary/aromatic N) is 1. The van der Waals surface area contributed by atoms with Crippen LogP contribution in [0.5, 0.6) is 0 Å². The summed E-state index contributed by atoms with van der Waals surface area (Å²) in [7, 11) is 2.00. The maximum atomic E-state index is 13.1. The highest BCUT2D eigenvalue weighted by molar-refractivity contribution is 7.99. The molecule has 39 heavy (non-hydrogen) atoms. The first-order valence-corrected chi connectivity index (χ1v) is 17.8. The van der Waals surface area contributed by atoms with Crippen LogP contribution in [0.25, 0.3) is 0 Å². The molecule has 2 unspecified atom stereocenters. The molecule has 1 amide bonds. The number of thioether (sulfide) groups is 1. The number of carbonyl (C=O) groups is 2. The first-order valence-electron chi connectivity index (χ1n) is 16.7. The highest BCUT2D eigenvalue weighted by Gasteiger charge is 2.62. The fourth-order valence-corrected chi connectivity index (χ4v) is 10.2. The SMILES string of the molecule is CC(C)SCCCCCCCCCCCC(=O)OC1CC2N(C)C(=O)CC[C@]2(C)[C@@H]2CC[C@]3(C)CCC[C@H]3[C@H]12. The summed E-state index contributed by atoms with van der Waals surface area (Å²) in [4.78, 5) is 27.8. The van der Waals surface area contributed by atoms with Crippen molar-refractivity contribution in [2.24, 2.45) is 28.6 Å².